The number of nitrogens with one attached hydrogen (secondary N) is 2. The normalized spacial score (nSPS) is 10.9. The van der Waals surface area contributed by atoms with Gasteiger partial charge in [0, 0.05) is 47.2 Å². The second-order valence-electron chi connectivity index (χ2n) is 8.18. The van der Waals surface area contributed by atoms with E-state index >= 15 is 0 Å². The molecule has 2 N–H and O–H groups in total. The number of rotatable bonds is 6. The fourth-order valence-corrected chi connectivity index (χ4v) is 3.97. The van der Waals surface area contributed by atoms with Gasteiger partial charge < -0.3 is 24.8 Å². The van der Waals surface area contributed by atoms with Gasteiger partial charge in [-0.05, 0) is 61.5 Å². The first kappa shape index (κ1) is 23.0. The Bertz CT molecular complexity index is 1580. The Morgan fingerprint density at radius 2 is 1.50 bits per heavy atom. The van der Waals surface area contributed by atoms with Gasteiger partial charge in [0.2, 0.25) is 0 Å². The number of nitrogens with zero attached hydrogens (tertiary/aromatic N) is 3. The van der Waals surface area contributed by atoms with Crippen LogP contribution >= 0.6 is 0 Å². The van der Waals surface area contributed by atoms with Gasteiger partial charge in [-0.25, -0.2) is 4.79 Å². The van der Waals surface area contributed by atoms with Crippen LogP contribution in [0.15, 0.2) is 66.9 Å². The molecule has 182 valence electrons. The minimum atomic E-state index is -0.350. The van der Waals surface area contributed by atoms with E-state index in [4.69, 9.17) is 14.2 Å². The first-order valence-electron chi connectivity index (χ1n) is 11.2. The maximum Gasteiger partial charge on any atom is 0.323 e. The molecule has 0 saturated carbocycles. The summed E-state index contributed by atoms with van der Waals surface area (Å²) >= 11 is 0. The lowest BCUT2D eigenvalue weighted by Crippen LogP contribution is -2.19. The quantitative estimate of drug-likeness (QED) is 0.313. The maximum atomic E-state index is 12.5. The highest BCUT2D eigenvalue weighted by Crippen LogP contribution is 2.37. The van der Waals surface area contributed by atoms with Crippen LogP contribution < -0.4 is 24.8 Å². The molecule has 9 nitrogen and oxygen atoms in total. The molecule has 0 spiro atoms. The zero-order valence-electron chi connectivity index (χ0n) is 20.3. The molecular formula is C27H25N5O4. The van der Waals surface area contributed by atoms with Crippen molar-refractivity contribution in [1.29, 1.82) is 0 Å². The Labute approximate surface area is 207 Å². The molecule has 0 bridgehead atoms. The van der Waals surface area contributed by atoms with Crippen LogP contribution in [0.1, 0.15) is 5.69 Å². The molecule has 5 aromatic rings. The summed E-state index contributed by atoms with van der Waals surface area (Å²) in [7, 11) is 5.06. The zero-order valence-corrected chi connectivity index (χ0v) is 20.3. The average Bonchev–Trinajstić information content (AvgIpc) is 3.16. The number of carbonyl (C=O) groups excluding carboxylic acids is 1. The molecule has 5 rings (SSSR count). The molecule has 0 unspecified atom stereocenters. The van der Waals surface area contributed by atoms with E-state index in [1.54, 1.807) is 56.8 Å². The van der Waals surface area contributed by atoms with Gasteiger partial charge >= 0.3 is 6.03 Å². The fraction of sp³-hybridized carbons (Fsp3) is 0.148. The molecule has 36 heavy (non-hydrogen) atoms. The molecule has 9 heteroatoms. The summed E-state index contributed by atoms with van der Waals surface area (Å²) in [5.41, 5.74) is 3.91. The zero-order chi connectivity index (χ0) is 25.2. The van der Waals surface area contributed by atoms with Crippen molar-refractivity contribution in [2.24, 2.45) is 7.05 Å². The SMILES string of the molecule is COc1cc2nccc(Oc3ccc(NC(=O)Nc4ccc5c(C)n(C)nc5c4)cc3)c2cc1OC. The summed E-state index contributed by atoms with van der Waals surface area (Å²) in [4.78, 5) is 16.9. The van der Waals surface area contributed by atoms with Crippen molar-refractivity contribution < 1.29 is 19.0 Å². The Balaban J connectivity index is 1.28. The summed E-state index contributed by atoms with van der Waals surface area (Å²) in [6.45, 7) is 2.01. The van der Waals surface area contributed by atoms with Gasteiger partial charge in [-0.3, -0.25) is 9.67 Å². The molecule has 2 aromatic heterocycles. The number of aryl methyl sites for hydroxylation is 2. The third-order valence-corrected chi connectivity index (χ3v) is 5.94. The first-order chi connectivity index (χ1) is 17.4. The van der Waals surface area contributed by atoms with E-state index in [9.17, 15) is 4.79 Å². The van der Waals surface area contributed by atoms with Gasteiger partial charge in [-0.15, -0.1) is 0 Å². The largest absolute Gasteiger partial charge is 0.493 e. The number of fused-ring (bicyclic) bond motifs is 2. The van der Waals surface area contributed by atoms with Crippen molar-refractivity contribution in [2.75, 3.05) is 24.9 Å². The number of benzene rings is 3. The van der Waals surface area contributed by atoms with Crippen molar-refractivity contribution in [3.63, 3.8) is 0 Å². The van der Waals surface area contributed by atoms with Crippen LogP contribution in [0.5, 0.6) is 23.0 Å². The molecule has 2 amide bonds. The number of urea groups is 1. The summed E-state index contributed by atoms with van der Waals surface area (Å²) < 4.78 is 18.7. The molecule has 0 saturated heterocycles. The van der Waals surface area contributed by atoms with E-state index in [0.29, 0.717) is 34.4 Å². The molecule has 0 atom stereocenters. The average molecular weight is 484 g/mol. The molecule has 0 aliphatic heterocycles. The molecule has 2 heterocycles. The lowest BCUT2D eigenvalue weighted by Gasteiger charge is -2.13. The van der Waals surface area contributed by atoms with Crippen LogP contribution in [0, 0.1) is 6.92 Å². The number of hydrogen-bond acceptors (Lipinski definition) is 6. The molecule has 0 radical (unpaired) electrons. The summed E-state index contributed by atoms with van der Waals surface area (Å²) in [5.74, 6) is 2.42. The monoisotopic (exact) mass is 483 g/mol. The number of aromatic nitrogens is 3. The molecule has 0 aliphatic carbocycles. The Kier molecular flexibility index (Phi) is 6.03. The van der Waals surface area contributed by atoms with Gasteiger partial charge in [-0.1, -0.05) is 0 Å². The standard InChI is InChI=1S/C27H25N5O4/c1-16-20-10-7-18(13-23(20)31-32(16)2)30-27(33)29-17-5-8-19(9-6-17)36-24-11-12-28-22-15-26(35-4)25(34-3)14-21(22)24/h5-15H,1-4H3,(H2,29,30,33). The second kappa shape index (κ2) is 9.46. The van der Waals surface area contributed by atoms with E-state index in [0.717, 1.165) is 27.5 Å². The Morgan fingerprint density at radius 3 is 2.25 bits per heavy atom. The number of ether oxygens (including phenoxy) is 3. The first-order valence-corrected chi connectivity index (χ1v) is 11.2. The number of amides is 2. The third-order valence-electron chi connectivity index (χ3n) is 5.94. The van der Waals surface area contributed by atoms with E-state index in [1.165, 1.54) is 0 Å². The Morgan fingerprint density at radius 1 is 0.806 bits per heavy atom. The molecule has 0 aliphatic rings. The third kappa shape index (κ3) is 4.46. The number of pyridine rings is 1. The van der Waals surface area contributed by atoms with Crippen LogP contribution in [0.4, 0.5) is 16.2 Å². The summed E-state index contributed by atoms with van der Waals surface area (Å²) in [5, 5.41) is 12.0. The van der Waals surface area contributed by atoms with Crippen molar-refractivity contribution in [3.05, 3.63) is 72.6 Å². The van der Waals surface area contributed by atoms with Gasteiger partial charge in [0.15, 0.2) is 11.5 Å². The predicted molar refractivity (Wildman–Crippen MR) is 139 cm³/mol. The van der Waals surface area contributed by atoms with Crippen LogP contribution in [-0.2, 0) is 7.05 Å². The van der Waals surface area contributed by atoms with Crippen molar-refractivity contribution in [2.45, 2.75) is 6.92 Å². The smallest absolute Gasteiger partial charge is 0.323 e. The maximum absolute atomic E-state index is 12.5. The molecular weight excluding hydrogens is 458 g/mol. The number of hydrogen-bond donors (Lipinski definition) is 2. The van der Waals surface area contributed by atoms with Crippen molar-refractivity contribution in [1.82, 2.24) is 14.8 Å². The predicted octanol–water partition coefficient (Wildman–Crippen LogP) is 5.88. The van der Waals surface area contributed by atoms with Crippen LogP contribution in [-0.4, -0.2) is 35.0 Å². The summed E-state index contributed by atoms with van der Waals surface area (Å²) in [6, 6.07) is 17.8. The minimum absolute atomic E-state index is 0.350. The van der Waals surface area contributed by atoms with Crippen LogP contribution in [0.2, 0.25) is 0 Å². The highest BCUT2D eigenvalue weighted by atomic mass is 16.5. The Hall–Kier alpha value is -4.79. The van der Waals surface area contributed by atoms with Gasteiger partial charge in [0.05, 0.1) is 25.3 Å². The highest BCUT2D eigenvalue weighted by Gasteiger charge is 2.12. The van der Waals surface area contributed by atoms with E-state index < -0.39 is 0 Å². The van der Waals surface area contributed by atoms with Gasteiger partial charge in [0.25, 0.3) is 0 Å². The molecule has 3 aromatic carbocycles. The van der Waals surface area contributed by atoms with Crippen molar-refractivity contribution in [3.8, 4) is 23.0 Å². The van der Waals surface area contributed by atoms with Gasteiger partial charge in [0.1, 0.15) is 11.5 Å². The lowest BCUT2D eigenvalue weighted by molar-refractivity contribution is 0.262. The lowest BCUT2D eigenvalue weighted by atomic mass is 10.2. The van der Waals surface area contributed by atoms with E-state index in [2.05, 4.69) is 20.7 Å². The number of methoxy groups -OCH3 is 2. The highest BCUT2D eigenvalue weighted by molar-refractivity contribution is 6.01. The number of carbonyl (C=O) groups is 1. The van der Waals surface area contributed by atoms with E-state index in [1.807, 2.05) is 42.9 Å². The van der Waals surface area contributed by atoms with Crippen LogP contribution in [0.3, 0.4) is 0 Å². The molecule has 0 fully saturated rings. The number of anilines is 2. The van der Waals surface area contributed by atoms with E-state index in [-0.39, 0.29) is 6.03 Å². The minimum Gasteiger partial charge on any atom is -0.493 e. The fourth-order valence-electron chi connectivity index (χ4n) is 3.97. The topological polar surface area (TPSA) is 99.5 Å². The van der Waals surface area contributed by atoms with Crippen molar-refractivity contribution >= 4 is 39.2 Å². The van der Waals surface area contributed by atoms with Gasteiger partial charge in [-0.2, -0.15) is 5.10 Å². The second-order valence-corrected chi connectivity index (χ2v) is 8.18. The van der Waals surface area contributed by atoms with Crippen LogP contribution in [0.25, 0.3) is 21.8 Å². The summed E-state index contributed by atoms with van der Waals surface area (Å²) in [6.07, 6.45) is 1.67.